The third-order valence-electron chi connectivity index (χ3n) is 2.09. The Bertz CT molecular complexity index is 455. The van der Waals surface area contributed by atoms with Crippen LogP contribution in [0.1, 0.15) is 5.56 Å². The van der Waals surface area contributed by atoms with Gasteiger partial charge < -0.3 is 14.6 Å². The molecular formula is C11H11BrO5. The van der Waals surface area contributed by atoms with Crippen molar-refractivity contribution in [3.05, 3.63) is 22.2 Å². The van der Waals surface area contributed by atoms with Crippen molar-refractivity contribution < 1.29 is 24.2 Å². The lowest BCUT2D eigenvalue weighted by Gasteiger charge is -2.08. The van der Waals surface area contributed by atoms with Gasteiger partial charge in [-0.05, 0) is 33.6 Å². The second kappa shape index (κ2) is 5.67. The molecule has 1 N–H and O–H groups in total. The van der Waals surface area contributed by atoms with E-state index in [9.17, 15) is 14.7 Å². The summed E-state index contributed by atoms with van der Waals surface area (Å²) >= 11 is 3.12. The summed E-state index contributed by atoms with van der Waals surface area (Å²) in [5, 5.41) is 9.56. The minimum Gasteiger partial charge on any atom is -0.503 e. The third kappa shape index (κ3) is 3.20. The molecule has 0 saturated heterocycles. The first kappa shape index (κ1) is 13.5. The summed E-state index contributed by atoms with van der Waals surface area (Å²) in [6, 6.07) is 3.03. The highest BCUT2D eigenvalue weighted by Gasteiger charge is 2.16. The number of ether oxygens (including phenoxy) is 2. The maximum atomic E-state index is 11.3. The Kier molecular flexibility index (Phi) is 4.51. The van der Waals surface area contributed by atoms with Crippen molar-refractivity contribution >= 4 is 27.7 Å². The van der Waals surface area contributed by atoms with E-state index in [0.29, 0.717) is 10.0 Å². The highest BCUT2D eigenvalue weighted by Crippen LogP contribution is 2.35. The number of halogens is 1. The lowest BCUT2D eigenvalue weighted by molar-refractivity contribution is -0.151. The molecule has 0 bridgehead atoms. The number of Topliss-reactive ketones (excluding diaryl/α,β-unsaturated/α-hetero) is 1. The predicted molar refractivity (Wildman–Crippen MR) is 63.1 cm³/mol. The Morgan fingerprint density at radius 2 is 2.00 bits per heavy atom. The molecule has 0 radical (unpaired) electrons. The van der Waals surface area contributed by atoms with E-state index in [-0.39, 0.29) is 17.9 Å². The molecule has 1 aromatic carbocycles. The molecule has 0 aromatic heterocycles. The summed E-state index contributed by atoms with van der Waals surface area (Å²) in [5.41, 5.74) is 0.543. The molecule has 0 fully saturated rings. The minimum absolute atomic E-state index is 0.0539. The van der Waals surface area contributed by atoms with Crippen LogP contribution < -0.4 is 4.74 Å². The topological polar surface area (TPSA) is 72.8 Å². The number of methoxy groups -OCH3 is 2. The molecule has 0 unspecified atom stereocenters. The molecule has 1 rings (SSSR count). The van der Waals surface area contributed by atoms with Crippen molar-refractivity contribution in [2.24, 2.45) is 0 Å². The van der Waals surface area contributed by atoms with Gasteiger partial charge in [-0.15, -0.1) is 0 Å². The Morgan fingerprint density at radius 1 is 1.35 bits per heavy atom. The molecular weight excluding hydrogens is 292 g/mol. The average Bonchev–Trinajstić information content (AvgIpc) is 2.32. The van der Waals surface area contributed by atoms with Crippen molar-refractivity contribution in [1.29, 1.82) is 0 Å². The molecule has 17 heavy (non-hydrogen) atoms. The quantitative estimate of drug-likeness (QED) is 0.673. The largest absolute Gasteiger partial charge is 0.503 e. The number of rotatable bonds is 4. The third-order valence-corrected chi connectivity index (χ3v) is 2.69. The molecule has 1 aromatic rings. The van der Waals surface area contributed by atoms with E-state index < -0.39 is 11.8 Å². The van der Waals surface area contributed by atoms with Crippen LogP contribution in [0.3, 0.4) is 0 Å². The van der Waals surface area contributed by atoms with Crippen LogP contribution in [-0.2, 0) is 20.7 Å². The van der Waals surface area contributed by atoms with E-state index in [0.717, 1.165) is 7.11 Å². The summed E-state index contributed by atoms with van der Waals surface area (Å²) in [5.74, 6) is -1.38. The summed E-state index contributed by atoms with van der Waals surface area (Å²) in [6.45, 7) is 0. The number of phenolic OH excluding ortho intramolecular Hbond substituents is 1. The maximum Gasteiger partial charge on any atom is 0.374 e. The molecule has 0 saturated carbocycles. The molecule has 0 amide bonds. The van der Waals surface area contributed by atoms with Gasteiger partial charge in [-0.2, -0.15) is 0 Å². The Hall–Kier alpha value is -1.56. The standard InChI is InChI=1S/C11H11BrO5/c1-16-9-5-6(3-7(12)10(9)14)4-8(13)11(15)17-2/h3,5,14H,4H2,1-2H3. The molecule has 0 aliphatic carbocycles. The van der Waals surface area contributed by atoms with Crippen LogP contribution in [0.5, 0.6) is 11.5 Å². The number of benzene rings is 1. The SMILES string of the molecule is COC(=O)C(=O)Cc1cc(Br)c(O)c(OC)c1. The zero-order valence-electron chi connectivity index (χ0n) is 9.32. The van der Waals surface area contributed by atoms with E-state index in [2.05, 4.69) is 20.7 Å². The number of esters is 1. The Balaban J connectivity index is 2.96. The van der Waals surface area contributed by atoms with Gasteiger partial charge in [0.15, 0.2) is 11.5 Å². The Morgan fingerprint density at radius 3 is 2.53 bits per heavy atom. The summed E-state index contributed by atoms with van der Waals surface area (Å²) in [6.07, 6.45) is -0.109. The molecule has 0 aliphatic rings. The van der Waals surface area contributed by atoms with Gasteiger partial charge in [0.05, 0.1) is 18.7 Å². The molecule has 0 atom stereocenters. The van der Waals surface area contributed by atoms with Crippen LogP contribution in [0.15, 0.2) is 16.6 Å². The van der Waals surface area contributed by atoms with Crippen LogP contribution >= 0.6 is 15.9 Å². The zero-order valence-corrected chi connectivity index (χ0v) is 10.9. The molecule has 0 aliphatic heterocycles. The molecule has 92 valence electrons. The first-order chi connectivity index (χ1) is 7.99. The molecule has 0 heterocycles. The number of hydrogen-bond donors (Lipinski definition) is 1. The first-order valence-corrected chi connectivity index (χ1v) is 5.45. The van der Waals surface area contributed by atoms with Crippen LogP contribution in [0.4, 0.5) is 0 Å². The van der Waals surface area contributed by atoms with Crippen LogP contribution in [-0.4, -0.2) is 31.1 Å². The van der Waals surface area contributed by atoms with E-state index in [1.165, 1.54) is 13.2 Å². The summed E-state index contributed by atoms with van der Waals surface area (Å²) < 4.78 is 9.63. The van der Waals surface area contributed by atoms with Gasteiger partial charge >= 0.3 is 5.97 Å². The van der Waals surface area contributed by atoms with Crippen LogP contribution in [0, 0.1) is 0 Å². The van der Waals surface area contributed by atoms with E-state index in [1.54, 1.807) is 6.07 Å². The van der Waals surface area contributed by atoms with Gasteiger partial charge in [-0.3, -0.25) is 4.79 Å². The minimum atomic E-state index is -0.895. The first-order valence-electron chi connectivity index (χ1n) is 4.66. The number of carbonyl (C=O) groups excluding carboxylic acids is 2. The zero-order chi connectivity index (χ0) is 13.0. The van der Waals surface area contributed by atoms with E-state index in [4.69, 9.17) is 4.74 Å². The van der Waals surface area contributed by atoms with Gasteiger partial charge in [-0.25, -0.2) is 4.79 Å². The van der Waals surface area contributed by atoms with Crippen LogP contribution in [0.2, 0.25) is 0 Å². The second-order valence-corrected chi connectivity index (χ2v) is 4.07. The van der Waals surface area contributed by atoms with Crippen molar-refractivity contribution in [3.8, 4) is 11.5 Å². The van der Waals surface area contributed by atoms with Crippen molar-refractivity contribution in [1.82, 2.24) is 0 Å². The van der Waals surface area contributed by atoms with Gasteiger partial charge in [0.1, 0.15) is 0 Å². The summed E-state index contributed by atoms with van der Waals surface area (Å²) in [7, 11) is 2.54. The fraction of sp³-hybridized carbons (Fsp3) is 0.273. The van der Waals surface area contributed by atoms with Crippen molar-refractivity contribution in [2.45, 2.75) is 6.42 Å². The lowest BCUT2D eigenvalue weighted by atomic mass is 10.1. The lowest BCUT2D eigenvalue weighted by Crippen LogP contribution is -2.17. The van der Waals surface area contributed by atoms with Gasteiger partial charge in [-0.1, -0.05) is 0 Å². The maximum absolute atomic E-state index is 11.3. The van der Waals surface area contributed by atoms with Gasteiger partial charge in [0, 0.05) is 6.42 Å². The van der Waals surface area contributed by atoms with Crippen LogP contribution in [0.25, 0.3) is 0 Å². The fourth-order valence-corrected chi connectivity index (χ4v) is 1.75. The number of aromatic hydroxyl groups is 1. The molecule has 0 spiro atoms. The van der Waals surface area contributed by atoms with E-state index in [1.807, 2.05) is 0 Å². The van der Waals surface area contributed by atoms with Crippen molar-refractivity contribution in [3.63, 3.8) is 0 Å². The van der Waals surface area contributed by atoms with Gasteiger partial charge in [0.2, 0.25) is 5.78 Å². The normalized spacial score (nSPS) is 9.82. The predicted octanol–water partition coefficient (Wildman–Crippen LogP) is 1.45. The highest BCUT2D eigenvalue weighted by atomic mass is 79.9. The Labute approximate surface area is 106 Å². The fourth-order valence-electron chi connectivity index (χ4n) is 1.26. The van der Waals surface area contributed by atoms with Gasteiger partial charge in [0.25, 0.3) is 0 Å². The van der Waals surface area contributed by atoms with E-state index >= 15 is 0 Å². The highest BCUT2D eigenvalue weighted by molar-refractivity contribution is 9.10. The number of hydrogen-bond acceptors (Lipinski definition) is 5. The number of phenols is 1. The summed E-state index contributed by atoms with van der Waals surface area (Å²) in [4.78, 5) is 22.3. The molecule has 5 nitrogen and oxygen atoms in total. The monoisotopic (exact) mass is 302 g/mol. The smallest absolute Gasteiger partial charge is 0.374 e. The molecule has 6 heteroatoms. The number of carbonyl (C=O) groups is 2. The van der Waals surface area contributed by atoms with Crippen molar-refractivity contribution in [2.75, 3.05) is 14.2 Å². The second-order valence-electron chi connectivity index (χ2n) is 3.22. The number of ketones is 1. The average molecular weight is 303 g/mol.